The number of hydrogen-bond acceptors (Lipinski definition) is 5. The van der Waals surface area contributed by atoms with E-state index >= 15 is 0 Å². The summed E-state index contributed by atoms with van der Waals surface area (Å²) in [5, 5.41) is 11.0. The average Bonchev–Trinajstić information content (AvgIpc) is 3.03. The highest BCUT2D eigenvalue weighted by Gasteiger charge is 2.15. The first-order valence-electron chi connectivity index (χ1n) is 8.38. The summed E-state index contributed by atoms with van der Waals surface area (Å²) >= 11 is 6.86. The predicted molar refractivity (Wildman–Crippen MR) is 106 cm³/mol. The SMILES string of the molecule is Cn1c(CC(=O)Nc2ccc(F)c(Cl)c2)nnc1SCC(=O)c1ccc(F)cc1. The van der Waals surface area contributed by atoms with Crippen molar-refractivity contribution in [2.24, 2.45) is 7.05 Å². The molecular formula is C19H15ClF2N4O2S. The molecule has 150 valence electrons. The monoisotopic (exact) mass is 436 g/mol. The van der Waals surface area contributed by atoms with E-state index in [0.29, 0.717) is 22.2 Å². The molecule has 0 bridgehead atoms. The number of anilines is 1. The normalized spacial score (nSPS) is 10.8. The zero-order valence-corrected chi connectivity index (χ0v) is 16.7. The van der Waals surface area contributed by atoms with Crippen LogP contribution in [0.4, 0.5) is 14.5 Å². The third-order valence-corrected chi connectivity index (χ3v) is 5.26. The standard InChI is InChI=1S/C19H15ClF2N4O2S/c1-26-17(9-18(28)23-13-6-7-15(22)14(20)8-13)24-25-19(26)29-10-16(27)11-2-4-12(21)5-3-11/h2-8H,9-10H2,1H3,(H,23,28). The van der Waals surface area contributed by atoms with Crippen LogP contribution < -0.4 is 5.32 Å². The van der Waals surface area contributed by atoms with Crippen LogP contribution in [0.2, 0.25) is 5.02 Å². The number of thioether (sulfide) groups is 1. The number of rotatable bonds is 7. The molecule has 1 N–H and O–H groups in total. The van der Waals surface area contributed by atoms with Crippen LogP contribution in [-0.2, 0) is 18.3 Å². The molecule has 2 aromatic carbocycles. The van der Waals surface area contributed by atoms with Crippen LogP contribution in [0.3, 0.4) is 0 Å². The highest BCUT2D eigenvalue weighted by atomic mass is 35.5. The molecule has 0 aliphatic rings. The summed E-state index contributed by atoms with van der Waals surface area (Å²) in [6, 6.07) is 9.17. The molecule has 3 rings (SSSR count). The van der Waals surface area contributed by atoms with Gasteiger partial charge < -0.3 is 9.88 Å². The molecule has 10 heteroatoms. The lowest BCUT2D eigenvalue weighted by Gasteiger charge is -2.06. The Hall–Kier alpha value is -2.78. The third-order valence-electron chi connectivity index (χ3n) is 3.95. The fourth-order valence-corrected chi connectivity index (χ4v) is 3.40. The summed E-state index contributed by atoms with van der Waals surface area (Å²) in [7, 11) is 1.68. The summed E-state index contributed by atoms with van der Waals surface area (Å²) in [6.45, 7) is 0. The molecule has 0 aliphatic heterocycles. The number of carbonyl (C=O) groups excluding carboxylic acids is 2. The van der Waals surface area contributed by atoms with E-state index in [9.17, 15) is 18.4 Å². The van der Waals surface area contributed by atoms with Gasteiger partial charge in [0.05, 0.1) is 17.2 Å². The van der Waals surface area contributed by atoms with Crippen LogP contribution in [-0.4, -0.2) is 32.2 Å². The van der Waals surface area contributed by atoms with E-state index in [1.54, 1.807) is 11.6 Å². The molecule has 0 unspecified atom stereocenters. The Balaban J connectivity index is 1.58. The Morgan fingerprint density at radius 2 is 1.86 bits per heavy atom. The van der Waals surface area contributed by atoms with Gasteiger partial charge in [0.1, 0.15) is 17.5 Å². The third kappa shape index (κ3) is 5.39. The van der Waals surface area contributed by atoms with Crippen LogP contribution in [0.5, 0.6) is 0 Å². The number of hydrogen-bond donors (Lipinski definition) is 1. The number of ketones is 1. The number of benzene rings is 2. The second-order valence-electron chi connectivity index (χ2n) is 6.03. The highest BCUT2D eigenvalue weighted by molar-refractivity contribution is 7.99. The van der Waals surface area contributed by atoms with Crippen LogP contribution in [0.1, 0.15) is 16.2 Å². The first kappa shape index (κ1) is 20.9. The van der Waals surface area contributed by atoms with Crippen LogP contribution in [0, 0.1) is 11.6 Å². The Bertz CT molecular complexity index is 1060. The lowest BCUT2D eigenvalue weighted by molar-refractivity contribution is -0.115. The van der Waals surface area contributed by atoms with Crippen molar-refractivity contribution in [2.75, 3.05) is 11.1 Å². The maximum Gasteiger partial charge on any atom is 0.232 e. The van der Waals surface area contributed by atoms with Gasteiger partial charge in [0.25, 0.3) is 0 Å². The Labute approximate surface area is 174 Å². The van der Waals surface area contributed by atoms with Gasteiger partial charge in [-0.1, -0.05) is 23.4 Å². The number of aromatic nitrogens is 3. The van der Waals surface area contributed by atoms with Gasteiger partial charge in [0, 0.05) is 18.3 Å². The van der Waals surface area contributed by atoms with Crippen LogP contribution >= 0.6 is 23.4 Å². The molecule has 0 fully saturated rings. The smallest absolute Gasteiger partial charge is 0.232 e. The van der Waals surface area contributed by atoms with E-state index in [1.165, 1.54) is 36.4 Å². The zero-order valence-electron chi connectivity index (χ0n) is 15.2. The van der Waals surface area contributed by atoms with Crippen molar-refractivity contribution in [1.82, 2.24) is 14.8 Å². The topological polar surface area (TPSA) is 76.9 Å². The number of Topliss-reactive ketones (excluding diaryl/α,β-unsaturated/α-hetero) is 1. The van der Waals surface area contributed by atoms with Crippen molar-refractivity contribution in [3.05, 3.63) is 70.5 Å². The predicted octanol–water partition coefficient (Wildman–Crippen LogP) is 3.90. The van der Waals surface area contributed by atoms with E-state index in [1.807, 2.05) is 0 Å². The van der Waals surface area contributed by atoms with Gasteiger partial charge in [0.15, 0.2) is 10.9 Å². The molecule has 3 aromatic rings. The summed E-state index contributed by atoms with van der Waals surface area (Å²) in [4.78, 5) is 24.4. The molecule has 0 aliphatic carbocycles. The van der Waals surface area contributed by atoms with Crippen molar-refractivity contribution < 1.29 is 18.4 Å². The lowest BCUT2D eigenvalue weighted by atomic mass is 10.1. The minimum atomic E-state index is -0.574. The van der Waals surface area contributed by atoms with Gasteiger partial charge >= 0.3 is 0 Å². The molecule has 0 atom stereocenters. The molecule has 1 heterocycles. The second kappa shape index (κ2) is 9.15. The first-order valence-corrected chi connectivity index (χ1v) is 9.74. The minimum Gasteiger partial charge on any atom is -0.326 e. The Morgan fingerprint density at radius 3 is 2.55 bits per heavy atom. The van der Waals surface area contributed by atoms with Crippen molar-refractivity contribution in [2.45, 2.75) is 11.6 Å². The highest BCUT2D eigenvalue weighted by Crippen LogP contribution is 2.20. The Morgan fingerprint density at radius 1 is 1.14 bits per heavy atom. The number of halogens is 3. The summed E-state index contributed by atoms with van der Waals surface area (Å²) in [5.41, 5.74) is 0.765. The van der Waals surface area contributed by atoms with Crippen molar-refractivity contribution in [1.29, 1.82) is 0 Å². The number of carbonyl (C=O) groups is 2. The van der Waals surface area contributed by atoms with E-state index < -0.39 is 11.6 Å². The summed E-state index contributed by atoms with van der Waals surface area (Å²) < 4.78 is 27.7. The van der Waals surface area contributed by atoms with Gasteiger partial charge in [-0.05, 0) is 42.5 Å². The van der Waals surface area contributed by atoms with E-state index in [4.69, 9.17) is 11.6 Å². The largest absolute Gasteiger partial charge is 0.326 e. The number of nitrogens with zero attached hydrogens (tertiary/aromatic N) is 3. The average molecular weight is 437 g/mol. The van der Waals surface area contributed by atoms with Gasteiger partial charge in [-0.3, -0.25) is 9.59 Å². The molecule has 29 heavy (non-hydrogen) atoms. The molecule has 0 saturated heterocycles. The summed E-state index contributed by atoms with van der Waals surface area (Å²) in [5.74, 6) is -1.04. The Kier molecular flexibility index (Phi) is 6.60. The quantitative estimate of drug-likeness (QED) is 0.449. The van der Waals surface area contributed by atoms with Crippen molar-refractivity contribution >= 4 is 40.7 Å². The molecule has 0 spiro atoms. The molecule has 6 nitrogen and oxygen atoms in total. The van der Waals surface area contributed by atoms with Crippen molar-refractivity contribution in [3.63, 3.8) is 0 Å². The van der Waals surface area contributed by atoms with Crippen LogP contribution in [0.15, 0.2) is 47.6 Å². The molecule has 1 amide bonds. The van der Waals surface area contributed by atoms with E-state index in [-0.39, 0.29) is 28.9 Å². The maximum absolute atomic E-state index is 13.2. The fourth-order valence-electron chi connectivity index (χ4n) is 2.40. The van der Waals surface area contributed by atoms with Gasteiger partial charge in [-0.2, -0.15) is 0 Å². The number of amides is 1. The fraction of sp³-hybridized carbons (Fsp3) is 0.158. The van der Waals surface area contributed by atoms with Gasteiger partial charge in [-0.25, -0.2) is 8.78 Å². The molecule has 1 aromatic heterocycles. The second-order valence-corrected chi connectivity index (χ2v) is 7.38. The molecule has 0 saturated carbocycles. The van der Waals surface area contributed by atoms with Crippen molar-refractivity contribution in [3.8, 4) is 0 Å². The first-order chi connectivity index (χ1) is 13.8. The van der Waals surface area contributed by atoms with E-state index in [2.05, 4.69) is 15.5 Å². The maximum atomic E-state index is 13.2. The van der Waals surface area contributed by atoms with Crippen LogP contribution in [0.25, 0.3) is 0 Å². The zero-order chi connectivity index (χ0) is 21.0. The van der Waals surface area contributed by atoms with Gasteiger partial charge in [0.2, 0.25) is 5.91 Å². The molecular weight excluding hydrogens is 422 g/mol. The number of nitrogens with one attached hydrogen (secondary N) is 1. The molecule has 0 radical (unpaired) electrons. The lowest BCUT2D eigenvalue weighted by Crippen LogP contribution is -2.17. The van der Waals surface area contributed by atoms with E-state index in [0.717, 1.165) is 17.8 Å². The summed E-state index contributed by atoms with van der Waals surface area (Å²) in [6.07, 6.45) is -0.0645. The van der Waals surface area contributed by atoms with Gasteiger partial charge in [-0.15, -0.1) is 10.2 Å². The minimum absolute atomic E-state index is 0.0645.